The van der Waals surface area contributed by atoms with Gasteiger partial charge in [-0.25, -0.2) is 4.79 Å². The summed E-state index contributed by atoms with van der Waals surface area (Å²) in [4.78, 5) is 26.2. The first-order chi connectivity index (χ1) is 12.4. The van der Waals surface area contributed by atoms with Gasteiger partial charge in [0.2, 0.25) is 0 Å². The van der Waals surface area contributed by atoms with Gasteiger partial charge in [-0.15, -0.1) is 0 Å². The van der Waals surface area contributed by atoms with Crippen LogP contribution in [0.3, 0.4) is 0 Å². The zero-order valence-electron chi connectivity index (χ0n) is 15.5. The van der Waals surface area contributed by atoms with Crippen molar-refractivity contribution in [2.45, 2.75) is 32.2 Å². The SMILES string of the molecule is Cn1c(CN2CCC(CCc3ccc(O)cc3)CC2)cc(=O)n(C)c1=O. The van der Waals surface area contributed by atoms with Crippen LogP contribution in [-0.2, 0) is 27.1 Å². The Morgan fingerprint density at radius 3 is 2.35 bits per heavy atom. The molecule has 26 heavy (non-hydrogen) atoms. The molecule has 0 spiro atoms. The molecule has 0 atom stereocenters. The second-order valence-corrected chi connectivity index (χ2v) is 7.30. The number of nitrogens with zero attached hydrogens (tertiary/aromatic N) is 3. The number of hydrogen-bond acceptors (Lipinski definition) is 4. The first kappa shape index (κ1) is 18.5. The van der Waals surface area contributed by atoms with Crippen LogP contribution < -0.4 is 11.2 Å². The number of phenolic OH excluding ortho intramolecular Hbond substituents is 1. The molecule has 1 saturated heterocycles. The summed E-state index contributed by atoms with van der Waals surface area (Å²) in [7, 11) is 3.23. The fourth-order valence-corrected chi connectivity index (χ4v) is 3.63. The van der Waals surface area contributed by atoms with Crippen molar-refractivity contribution < 1.29 is 5.11 Å². The Morgan fingerprint density at radius 1 is 1.04 bits per heavy atom. The van der Waals surface area contributed by atoms with E-state index in [0.717, 1.165) is 49.0 Å². The van der Waals surface area contributed by atoms with Crippen molar-refractivity contribution >= 4 is 0 Å². The highest BCUT2D eigenvalue weighted by molar-refractivity contribution is 5.25. The predicted molar refractivity (Wildman–Crippen MR) is 101 cm³/mol. The summed E-state index contributed by atoms with van der Waals surface area (Å²) in [6.07, 6.45) is 4.46. The summed E-state index contributed by atoms with van der Waals surface area (Å²) in [5, 5.41) is 9.35. The third-order valence-electron chi connectivity index (χ3n) is 5.50. The van der Waals surface area contributed by atoms with Crippen molar-refractivity contribution in [1.29, 1.82) is 0 Å². The van der Waals surface area contributed by atoms with Crippen molar-refractivity contribution in [1.82, 2.24) is 14.0 Å². The third-order valence-corrected chi connectivity index (χ3v) is 5.50. The van der Waals surface area contributed by atoms with Crippen molar-refractivity contribution in [2.24, 2.45) is 20.0 Å². The summed E-state index contributed by atoms with van der Waals surface area (Å²) in [5.41, 5.74) is 1.53. The lowest BCUT2D eigenvalue weighted by molar-refractivity contribution is 0.169. The first-order valence-corrected chi connectivity index (χ1v) is 9.20. The number of aromatic nitrogens is 2. The van der Waals surface area contributed by atoms with Gasteiger partial charge in [-0.2, -0.15) is 0 Å². The second kappa shape index (κ2) is 7.91. The van der Waals surface area contributed by atoms with Crippen molar-refractivity contribution in [3.63, 3.8) is 0 Å². The summed E-state index contributed by atoms with van der Waals surface area (Å²) in [6.45, 7) is 2.62. The third kappa shape index (κ3) is 4.25. The van der Waals surface area contributed by atoms with Gasteiger partial charge in [0.25, 0.3) is 5.56 Å². The van der Waals surface area contributed by atoms with E-state index in [1.54, 1.807) is 29.8 Å². The standard InChI is InChI=1S/C20H27N3O3/c1-21-17(13-19(25)22(2)20(21)26)14-23-11-9-16(10-12-23)4-3-15-5-7-18(24)8-6-15/h5-8,13,16,24H,3-4,9-12,14H2,1-2H3. The highest BCUT2D eigenvalue weighted by Crippen LogP contribution is 2.23. The molecule has 6 heteroatoms. The molecular weight excluding hydrogens is 330 g/mol. The molecule has 1 aromatic carbocycles. The highest BCUT2D eigenvalue weighted by atomic mass is 16.3. The molecule has 3 rings (SSSR count). The highest BCUT2D eigenvalue weighted by Gasteiger charge is 2.20. The molecule has 1 aromatic heterocycles. The number of likely N-dealkylation sites (tertiary alicyclic amines) is 1. The van der Waals surface area contributed by atoms with Crippen molar-refractivity contribution in [2.75, 3.05) is 13.1 Å². The molecule has 0 bridgehead atoms. The van der Waals surface area contributed by atoms with Crippen LogP contribution in [0.2, 0.25) is 0 Å². The van der Waals surface area contributed by atoms with Crippen molar-refractivity contribution in [3.8, 4) is 5.75 Å². The number of benzene rings is 1. The lowest BCUT2D eigenvalue weighted by atomic mass is 9.90. The van der Waals surface area contributed by atoms with Gasteiger partial charge < -0.3 is 5.11 Å². The Hall–Kier alpha value is -2.34. The molecule has 1 fully saturated rings. The predicted octanol–water partition coefficient (Wildman–Crippen LogP) is 1.63. The van der Waals surface area contributed by atoms with Gasteiger partial charge in [-0.1, -0.05) is 12.1 Å². The molecule has 1 aliphatic rings. The zero-order chi connectivity index (χ0) is 18.7. The van der Waals surface area contributed by atoms with Crippen molar-refractivity contribution in [3.05, 3.63) is 62.4 Å². The number of rotatable bonds is 5. The van der Waals surface area contributed by atoms with Gasteiger partial charge in [0.1, 0.15) is 5.75 Å². The molecule has 1 N–H and O–H groups in total. The minimum atomic E-state index is -0.267. The smallest absolute Gasteiger partial charge is 0.330 e. The van der Waals surface area contributed by atoms with E-state index in [9.17, 15) is 14.7 Å². The van der Waals surface area contributed by atoms with Gasteiger partial charge in [0.05, 0.1) is 0 Å². The fourth-order valence-electron chi connectivity index (χ4n) is 3.63. The summed E-state index contributed by atoms with van der Waals surface area (Å²) < 4.78 is 2.71. The lowest BCUT2D eigenvalue weighted by Crippen LogP contribution is -2.40. The quantitative estimate of drug-likeness (QED) is 0.883. The number of aromatic hydroxyl groups is 1. The van der Waals surface area contributed by atoms with E-state index >= 15 is 0 Å². The van der Waals surface area contributed by atoms with E-state index in [4.69, 9.17) is 0 Å². The van der Waals surface area contributed by atoms with Gasteiger partial charge in [0.15, 0.2) is 0 Å². The van der Waals surface area contributed by atoms with E-state index in [1.807, 2.05) is 12.1 Å². The molecule has 1 aliphatic heterocycles. The Labute approximate surface area is 153 Å². The molecule has 0 amide bonds. The molecule has 0 aliphatic carbocycles. The largest absolute Gasteiger partial charge is 0.508 e. The number of aryl methyl sites for hydroxylation is 1. The van der Waals surface area contributed by atoms with Gasteiger partial charge in [-0.3, -0.25) is 18.8 Å². The summed E-state index contributed by atoms with van der Waals surface area (Å²) >= 11 is 0. The Balaban J connectivity index is 1.52. The number of hydrogen-bond donors (Lipinski definition) is 1. The van der Waals surface area contributed by atoms with Crippen LogP contribution in [0.4, 0.5) is 0 Å². The van der Waals surface area contributed by atoms with Gasteiger partial charge in [0, 0.05) is 32.4 Å². The van der Waals surface area contributed by atoms with E-state index in [0.29, 0.717) is 18.2 Å². The average molecular weight is 357 g/mol. The molecule has 0 radical (unpaired) electrons. The maximum Gasteiger partial charge on any atom is 0.330 e. The molecule has 140 valence electrons. The van der Waals surface area contributed by atoms with E-state index in [-0.39, 0.29) is 11.2 Å². The van der Waals surface area contributed by atoms with Crippen LogP contribution in [0.1, 0.15) is 30.5 Å². The Morgan fingerprint density at radius 2 is 1.69 bits per heavy atom. The number of piperidine rings is 1. The van der Waals surface area contributed by atoms with Crippen LogP contribution in [0.5, 0.6) is 5.75 Å². The lowest BCUT2D eigenvalue weighted by Gasteiger charge is -2.32. The fraction of sp³-hybridized carbons (Fsp3) is 0.500. The Bertz CT molecular complexity index is 859. The van der Waals surface area contributed by atoms with E-state index in [2.05, 4.69) is 4.90 Å². The molecule has 2 aromatic rings. The molecular formula is C20H27N3O3. The van der Waals surface area contributed by atoms with Crippen LogP contribution >= 0.6 is 0 Å². The average Bonchev–Trinajstić information content (AvgIpc) is 2.65. The van der Waals surface area contributed by atoms with Crippen LogP contribution in [0, 0.1) is 5.92 Å². The molecule has 0 unspecified atom stereocenters. The Kier molecular flexibility index (Phi) is 5.61. The minimum absolute atomic E-state index is 0.244. The molecule has 6 nitrogen and oxygen atoms in total. The van der Waals surface area contributed by atoms with Gasteiger partial charge >= 0.3 is 5.69 Å². The number of phenols is 1. The van der Waals surface area contributed by atoms with Crippen LogP contribution in [0.15, 0.2) is 39.9 Å². The summed E-state index contributed by atoms with van der Waals surface area (Å²) in [6, 6.07) is 9.03. The molecule has 0 saturated carbocycles. The van der Waals surface area contributed by atoms with E-state index in [1.165, 1.54) is 12.6 Å². The van der Waals surface area contributed by atoms with Crippen LogP contribution in [-0.4, -0.2) is 32.2 Å². The van der Waals surface area contributed by atoms with E-state index < -0.39 is 0 Å². The van der Waals surface area contributed by atoms with Crippen LogP contribution in [0.25, 0.3) is 0 Å². The second-order valence-electron chi connectivity index (χ2n) is 7.30. The summed E-state index contributed by atoms with van der Waals surface area (Å²) in [5.74, 6) is 1.01. The molecule has 2 heterocycles. The monoisotopic (exact) mass is 357 g/mol. The topological polar surface area (TPSA) is 67.5 Å². The zero-order valence-corrected chi connectivity index (χ0v) is 15.5. The maximum absolute atomic E-state index is 12.0. The van der Waals surface area contributed by atoms with Gasteiger partial charge in [-0.05, 0) is 62.4 Å². The first-order valence-electron chi connectivity index (χ1n) is 9.20. The normalized spacial score (nSPS) is 16.1. The maximum atomic E-state index is 12.0. The minimum Gasteiger partial charge on any atom is -0.508 e.